The molecule has 0 radical (unpaired) electrons. The van der Waals surface area contributed by atoms with Gasteiger partial charge in [-0.3, -0.25) is 10.4 Å². The predicted molar refractivity (Wildman–Crippen MR) is 52.7 cm³/mol. The summed E-state index contributed by atoms with van der Waals surface area (Å²) in [6.07, 6.45) is 3.98. The number of nitrogens with one attached hydrogen (secondary N) is 1. The van der Waals surface area contributed by atoms with Gasteiger partial charge in [-0.1, -0.05) is 0 Å². The molecule has 0 aliphatic rings. The lowest BCUT2D eigenvalue weighted by atomic mass is 10.3. The molecule has 1 aromatic rings. The first-order chi connectivity index (χ1) is 6.33. The number of anilines is 1. The molecule has 1 heterocycles. The van der Waals surface area contributed by atoms with Crippen molar-refractivity contribution in [1.29, 1.82) is 0 Å². The SMILES string of the molecule is C/C(CCO)=N/Nc1cccnc1. The smallest absolute Gasteiger partial charge is 0.0745 e. The summed E-state index contributed by atoms with van der Waals surface area (Å²) in [6, 6.07) is 3.71. The Morgan fingerprint density at radius 1 is 1.69 bits per heavy atom. The van der Waals surface area contributed by atoms with Gasteiger partial charge in [0.05, 0.1) is 11.9 Å². The zero-order valence-corrected chi connectivity index (χ0v) is 7.57. The Kier molecular flexibility index (Phi) is 3.92. The molecule has 4 nitrogen and oxygen atoms in total. The van der Waals surface area contributed by atoms with Crippen LogP contribution in [0.5, 0.6) is 0 Å². The fourth-order valence-electron chi connectivity index (χ4n) is 0.807. The summed E-state index contributed by atoms with van der Waals surface area (Å²) in [5.41, 5.74) is 4.56. The Morgan fingerprint density at radius 3 is 3.15 bits per heavy atom. The van der Waals surface area contributed by atoms with Crippen molar-refractivity contribution >= 4 is 11.4 Å². The second-order valence-corrected chi connectivity index (χ2v) is 2.67. The van der Waals surface area contributed by atoms with Crippen molar-refractivity contribution in [2.24, 2.45) is 5.10 Å². The molecule has 0 bridgehead atoms. The van der Waals surface area contributed by atoms with Crippen LogP contribution in [0, 0.1) is 0 Å². The average molecular weight is 179 g/mol. The highest BCUT2D eigenvalue weighted by Gasteiger charge is 1.90. The van der Waals surface area contributed by atoms with E-state index in [1.807, 2.05) is 19.1 Å². The van der Waals surface area contributed by atoms with Crippen molar-refractivity contribution in [3.8, 4) is 0 Å². The maximum atomic E-state index is 8.61. The summed E-state index contributed by atoms with van der Waals surface area (Å²) in [7, 11) is 0. The molecule has 0 aliphatic heterocycles. The molecule has 0 atom stereocenters. The number of hydrogen-bond donors (Lipinski definition) is 2. The molecule has 70 valence electrons. The van der Waals surface area contributed by atoms with Gasteiger partial charge in [0, 0.05) is 24.9 Å². The van der Waals surface area contributed by atoms with Crippen LogP contribution in [0.25, 0.3) is 0 Å². The summed E-state index contributed by atoms with van der Waals surface area (Å²) in [5.74, 6) is 0. The van der Waals surface area contributed by atoms with Crippen LogP contribution in [0.2, 0.25) is 0 Å². The van der Waals surface area contributed by atoms with E-state index >= 15 is 0 Å². The molecule has 2 N–H and O–H groups in total. The van der Waals surface area contributed by atoms with Crippen LogP contribution in [0.4, 0.5) is 5.69 Å². The van der Waals surface area contributed by atoms with E-state index in [9.17, 15) is 0 Å². The fraction of sp³-hybridized carbons (Fsp3) is 0.333. The Labute approximate surface area is 77.3 Å². The molecule has 0 fully saturated rings. The van der Waals surface area contributed by atoms with Crippen molar-refractivity contribution in [2.75, 3.05) is 12.0 Å². The van der Waals surface area contributed by atoms with Crippen LogP contribution in [-0.2, 0) is 0 Å². The van der Waals surface area contributed by atoms with Crippen molar-refractivity contribution in [1.82, 2.24) is 4.98 Å². The lowest BCUT2D eigenvalue weighted by Gasteiger charge is -2.00. The molecule has 0 amide bonds. The van der Waals surface area contributed by atoms with E-state index in [2.05, 4.69) is 15.5 Å². The number of aromatic nitrogens is 1. The van der Waals surface area contributed by atoms with Gasteiger partial charge in [0.15, 0.2) is 0 Å². The molecular formula is C9H13N3O. The first kappa shape index (κ1) is 9.67. The van der Waals surface area contributed by atoms with Gasteiger partial charge in [0.2, 0.25) is 0 Å². The molecule has 1 aromatic heterocycles. The topological polar surface area (TPSA) is 57.5 Å². The van der Waals surface area contributed by atoms with Gasteiger partial charge in [-0.15, -0.1) is 0 Å². The highest BCUT2D eigenvalue weighted by atomic mass is 16.3. The molecule has 1 rings (SSSR count). The minimum atomic E-state index is 0.129. The van der Waals surface area contributed by atoms with Gasteiger partial charge in [0.1, 0.15) is 0 Å². The number of rotatable bonds is 4. The summed E-state index contributed by atoms with van der Waals surface area (Å²) in [4.78, 5) is 3.93. The molecule has 0 saturated carbocycles. The van der Waals surface area contributed by atoms with Crippen molar-refractivity contribution < 1.29 is 5.11 Å². The van der Waals surface area contributed by atoms with Gasteiger partial charge in [-0.2, -0.15) is 5.10 Å². The largest absolute Gasteiger partial charge is 0.396 e. The Morgan fingerprint density at radius 2 is 2.54 bits per heavy atom. The number of aliphatic hydroxyl groups is 1. The Bertz CT molecular complexity index is 271. The van der Waals surface area contributed by atoms with Gasteiger partial charge >= 0.3 is 0 Å². The maximum absolute atomic E-state index is 8.61. The zero-order valence-electron chi connectivity index (χ0n) is 7.57. The number of hydrogen-bond acceptors (Lipinski definition) is 4. The van der Waals surface area contributed by atoms with E-state index in [1.165, 1.54) is 0 Å². The van der Waals surface area contributed by atoms with Crippen molar-refractivity contribution in [3.63, 3.8) is 0 Å². The maximum Gasteiger partial charge on any atom is 0.0745 e. The van der Waals surface area contributed by atoms with Gasteiger partial charge < -0.3 is 5.11 Å². The second-order valence-electron chi connectivity index (χ2n) is 2.67. The van der Waals surface area contributed by atoms with Crippen molar-refractivity contribution in [2.45, 2.75) is 13.3 Å². The molecule has 0 aliphatic carbocycles. The van der Waals surface area contributed by atoms with Gasteiger partial charge in [0.25, 0.3) is 0 Å². The van der Waals surface area contributed by atoms with E-state index in [-0.39, 0.29) is 6.61 Å². The van der Waals surface area contributed by atoms with E-state index in [0.29, 0.717) is 6.42 Å². The number of pyridine rings is 1. The highest BCUT2D eigenvalue weighted by Crippen LogP contribution is 2.02. The second kappa shape index (κ2) is 5.27. The number of nitrogens with zero attached hydrogens (tertiary/aromatic N) is 2. The third kappa shape index (κ3) is 3.66. The third-order valence-electron chi connectivity index (χ3n) is 1.51. The summed E-state index contributed by atoms with van der Waals surface area (Å²) < 4.78 is 0. The molecule has 0 unspecified atom stereocenters. The molecule has 0 spiro atoms. The van der Waals surface area contributed by atoms with Crippen LogP contribution in [0.1, 0.15) is 13.3 Å². The number of aliphatic hydroxyl groups excluding tert-OH is 1. The minimum Gasteiger partial charge on any atom is -0.396 e. The van der Waals surface area contributed by atoms with Crippen LogP contribution < -0.4 is 5.43 Å². The first-order valence-electron chi connectivity index (χ1n) is 4.13. The van der Waals surface area contributed by atoms with Gasteiger partial charge in [-0.25, -0.2) is 0 Å². The Hall–Kier alpha value is -1.42. The highest BCUT2D eigenvalue weighted by molar-refractivity contribution is 5.82. The molecule has 4 heteroatoms. The monoisotopic (exact) mass is 179 g/mol. The molecular weight excluding hydrogens is 166 g/mol. The summed E-state index contributed by atoms with van der Waals surface area (Å²) in [5, 5.41) is 12.7. The lowest BCUT2D eigenvalue weighted by Crippen LogP contribution is -1.99. The molecule has 13 heavy (non-hydrogen) atoms. The Balaban J connectivity index is 2.47. The van der Waals surface area contributed by atoms with Crippen LogP contribution >= 0.6 is 0 Å². The standard InChI is InChI=1S/C9H13N3O/c1-8(4-6-13)11-12-9-3-2-5-10-7-9/h2-3,5,7,12-13H,4,6H2,1H3/b11-8-. The molecule has 0 aromatic carbocycles. The predicted octanol–water partition coefficient (Wildman–Crippen LogP) is 1.25. The zero-order chi connectivity index (χ0) is 9.52. The van der Waals surface area contributed by atoms with Crippen LogP contribution in [0.3, 0.4) is 0 Å². The van der Waals surface area contributed by atoms with Crippen molar-refractivity contribution in [3.05, 3.63) is 24.5 Å². The molecule has 0 saturated heterocycles. The lowest BCUT2D eigenvalue weighted by molar-refractivity contribution is 0.307. The van der Waals surface area contributed by atoms with E-state index in [1.54, 1.807) is 12.4 Å². The fourth-order valence-corrected chi connectivity index (χ4v) is 0.807. The third-order valence-corrected chi connectivity index (χ3v) is 1.51. The van der Waals surface area contributed by atoms with E-state index in [0.717, 1.165) is 11.4 Å². The van der Waals surface area contributed by atoms with Gasteiger partial charge in [-0.05, 0) is 19.1 Å². The summed E-state index contributed by atoms with van der Waals surface area (Å²) >= 11 is 0. The quantitative estimate of drug-likeness (QED) is 0.540. The first-order valence-corrected chi connectivity index (χ1v) is 4.13. The van der Waals surface area contributed by atoms with E-state index < -0.39 is 0 Å². The average Bonchev–Trinajstić information content (AvgIpc) is 2.17. The summed E-state index contributed by atoms with van der Waals surface area (Å²) in [6.45, 7) is 1.99. The number of hydrazone groups is 1. The van der Waals surface area contributed by atoms with Crippen LogP contribution in [0.15, 0.2) is 29.6 Å². The normalized spacial score (nSPS) is 11.4. The minimum absolute atomic E-state index is 0.129. The van der Waals surface area contributed by atoms with Crippen LogP contribution in [-0.4, -0.2) is 22.4 Å². The van der Waals surface area contributed by atoms with E-state index in [4.69, 9.17) is 5.11 Å².